The molecule has 0 aromatic heterocycles. The van der Waals surface area contributed by atoms with Gasteiger partial charge in [0.2, 0.25) is 0 Å². The van der Waals surface area contributed by atoms with E-state index >= 15 is 0 Å². The van der Waals surface area contributed by atoms with Crippen molar-refractivity contribution in [3.05, 3.63) is 0 Å². The van der Waals surface area contributed by atoms with Crippen molar-refractivity contribution in [1.29, 1.82) is 0 Å². The lowest BCUT2D eigenvalue weighted by molar-refractivity contribution is 0.0178. The standard InChI is InChI=1S/C4H12N2O/c1-5-4(7)6(2)3/h4-5,7H,1-3H3. The van der Waals surface area contributed by atoms with E-state index in [9.17, 15) is 0 Å². The van der Waals surface area contributed by atoms with E-state index in [1.54, 1.807) is 26.0 Å². The molecule has 0 aliphatic heterocycles. The van der Waals surface area contributed by atoms with Crippen LogP contribution in [0.1, 0.15) is 0 Å². The Kier molecular flexibility index (Phi) is 2.91. The van der Waals surface area contributed by atoms with Crippen molar-refractivity contribution in [3.63, 3.8) is 0 Å². The fourth-order valence-corrected chi connectivity index (χ4v) is 0.258. The molecule has 0 aromatic carbocycles. The molecule has 0 amide bonds. The number of nitrogens with one attached hydrogen (secondary N) is 1. The van der Waals surface area contributed by atoms with E-state index in [1.807, 2.05) is 0 Å². The lowest BCUT2D eigenvalue weighted by atomic mass is 10.8. The Hall–Kier alpha value is -0.120. The summed E-state index contributed by atoms with van der Waals surface area (Å²) in [4.78, 5) is 1.67. The molecular weight excluding hydrogens is 92.1 g/mol. The molecule has 0 aliphatic carbocycles. The summed E-state index contributed by atoms with van der Waals surface area (Å²) in [5.74, 6) is 0. The molecule has 0 aliphatic rings. The number of aliphatic hydroxyl groups is 1. The SMILES string of the molecule is CNC(O)N(C)C. The molecule has 7 heavy (non-hydrogen) atoms. The minimum absolute atomic E-state index is 0.514. The Bertz CT molecular complexity index is 47.0. The number of aliphatic hydroxyl groups excluding tert-OH is 1. The number of nitrogens with zero attached hydrogens (tertiary/aromatic N) is 1. The number of hydrogen-bond donors (Lipinski definition) is 2. The summed E-state index contributed by atoms with van der Waals surface area (Å²) in [6.07, 6.45) is -0.514. The summed E-state index contributed by atoms with van der Waals surface area (Å²) in [6, 6.07) is 0. The van der Waals surface area contributed by atoms with E-state index < -0.39 is 6.35 Å². The first-order valence-electron chi connectivity index (χ1n) is 2.20. The van der Waals surface area contributed by atoms with Gasteiger partial charge in [0.25, 0.3) is 0 Å². The third-order valence-corrected chi connectivity index (χ3v) is 0.747. The van der Waals surface area contributed by atoms with Gasteiger partial charge in [-0.3, -0.25) is 10.2 Å². The van der Waals surface area contributed by atoms with Crippen LogP contribution in [0.15, 0.2) is 0 Å². The molecular formula is C4H12N2O. The van der Waals surface area contributed by atoms with Crippen LogP contribution in [0.25, 0.3) is 0 Å². The van der Waals surface area contributed by atoms with Crippen LogP contribution in [0.3, 0.4) is 0 Å². The van der Waals surface area contributed by atoms with Crippen LogP contribution in [-0.2, 0) is 0 Å². The highest BCUT2D eigenvalue weighted by Gasteiger charge is 1.97. The molecule has 2 N–H and O–H groups in total. The highest BCUT2D eigenvalue weighted by molar-refractivity contribution is 4.39. The lowest BCUT2D eigenvalue weighted by Crippen LogP contribution is -2.38. The van der Waals surface area contributed by atoms with Gasteiger partial charge in [0, 0.05) is 0 Å². The highest BCUT2D eigenvalue weighted by atomic mass is 16.3. The van der Waals surface area contributed by atoms with Crippen LogP contribution < -0.4 is 5.32 Å². The summed E-state index contributed by atoms with van der Waals surface area (Å²) in [5.41, 5.74) is 0. The predicted molar refractivity (Wildman–Crippen MR) is 28.8 cm³/mol. The molecule has 44 valence electrons. The summed E-state index contributed by atoms with van der Waals surface area (Å²) < 4.78 is 0. The van der Waals surface area contributed by atoms with Crippen LogP contribution in [-0.4, -0.2) is 37.5 Å². The van der Waals surface area contributed by atoms with Gasteiger partial charge in [-0.15, -0.1) is 0 Å². The van der Waals surface area contributed by atoms with E-state index in [-0.39, 0.29) is 0 Å². The van der Waals surface area contributed by atoms with Gasteiger partial charge in [0.05, 0.1) is 0 Å². The summed E-state index contributed by atoms with van der Waals surface area (Å²) in [6.45, 7) is 0. The second kappa shape index (κ2) is 2.96. The van der Waals surface area contributed by atoms with Crippen molar-refractivity contribution in [2.45, 2.75) is 6.35 Å². The van der Waals surface area contributed by atoms with Crippen molar-refractivity contribution >= 4 is 0 Å². The molecule has 1 atom stereocenters. The van der Waals surface area contributed by atoms with E-state index in [1.165, 1.54) is 0 Å². The quantitative estimate of drug-likeness (QED) is 0.443. The second-order valence-corrected chi connectivity index (χ2v) is 1.63. The fraction of sp³-hybridized carbons (Fsp3) is 1.00. The van der Waals surface area contributed by atoms with Crippen molar-refractivity contribution in [2.24, 2.45) is 0 Å². The van der Waals surface area contributed by atoms with Gasteiger partial charge in [-0.25, -0.2) is 0 Å². The molecule has 0 saturated heterocycles. The van der Waals surface area contributed by atoms with E-state index in [0.717, 1.165) is 0 Å². The molecule has 0 spiro atoms. The molecule has 3 nitrogen and oxygen atoms in total. The monoisotopic (exact) mass is 104 g/mol. The second-order valence-electron chi connectivity index (χ2n) is 1.63. The van der Waals surface area contributed by atoms with Crippen molar-refractivity contribution in [2.75, 3.05) is 21.1 Å². The van der Waals surface area contributed by atoms with Gasteiger partial charge in [0.1, 0.15) is 0 Å². The Morgan fingerprint density at radius 1 is 1.57 bits per heavy atom. The van der Waals surface area contributed by atoms with Gasteiger partial charge in [-0.2, -0.15) is 0 Å². The smallest absolute Gasteiger partial charge is 0.162 e. The molecule has 0 radical (unpaired) electrons. The number of hydrogen-bond acceptors (Lipinski definition) is 3. The third kappa shape index (κ3) is 2.56. The average Bonchev–Trinajstić information content (AvgIpc) is 1.65. The molecule has 0 aromatic rings. The average molecular weight is 104 g/mol. The largest absolute Gasteiger partial charge is 0.365 e. The van der Waals surface area contributed by atoms with E-state index in [4.69, 9.17) is 5.11 Å². The zero-order valence-electron chi connectivity index (χ0n) is 4.97. The van der Waals surface area contributed by atoms with Crippen molar-refractivity contribution < 1.29 is 5.11 Å². The van der Waals surface area contributed by atoms with Gasteiger partial charge in [-0.05, 0) is 21.1 Å². The summed E-state index contributed by atoms with van der Waals surface area (Å²) in [5, 5.41) is 11.4. The maximum absolute atomic E-state index is 8.75. The number of rotatable bonds is 2. The molecule has 0 rings (SSSR count). The van der Waals surface area contributed by atoms with Crippen LogP contribution in [0, 0.1) is 0 Å². The first kappa shape index (κ1) is 6.88. The maximum atomic E-state index is 8.75. The molecule has 1 unspecified atom stereocenters. The molecule has 0 fully saturated rings. The minimum atomic E-state index is -0.514. The summed E-state index contributed by atoms with van der Waals surface area (Å²) >= 11 is 0. The molecule has 0 saturated carbocycles. The first-order valence-corrected chi connectivity index (χ1v) is 2.20. The highest BCUT2D eigenvalue weighted by Crippen LogP contribution is 1.75. The Morgan fingerprint density at radius 2 is 2.00 bits per heavy atom. The minimum Gasteiger partial charge on any atom is -0.365 e. The van der Waals surface area contributed by atoms with Crippen LogP contribution >= 0.6 is 0 Å². The van der Waals surface area contributed by atoms with Crippen LogP contribution in [0.5, 0.6) is 0 Å². The van der Waals surface area contributed by atoms with Crippen molar-refractivity contribution in [3.8, 4) is 0 Å². The van der Waals surface area contributed by atoms with Crippen molar-refractivity contribution in [1.82, 2.24) is 10.2 Å². The lowest BCUT2D eigenvalue weighted by Gasteiger charge is -2.16. The van der Waals surface area contributed by atoms with E-state index in [0.29, 0.717) is 0 Å². The zero-order chi connectivity index (χ0) is 5.86. The van der Waals surface area contributed by atoms with Crippen LogP contribution in [0.2, 0.25) is 0 Å². The predicted octanol–water partition coefficient (Wildman–Crippen LogP) is -0.957. The molecule has 0 heterocycles. The van der Waals surface area contributed by atoms with E-state index in [2.05, 4.69) is 5.32 Å². The normalized spacial score (nSPS) is 15.0. The van der Waals surface area contributed by atoms with Gasteiger partial charge in [0.15, 0.2) is 6.35 Å². The van der Waals surface area contributed by atoms with Gasteiger partial charge in [-0.1, -0.05) is 0 Å². The van der Waals surface area contributed by atoms with Crippen LogP contribution in [0.4, 0.5) is 0 Å². The summed E-state index contributed by atoms with van der Waals surface area (Å²) in [7, 11) is 5.28. The Labute approximate surface area is 43.9 Å². The maximum Gasteiger partial charge on any atom is 0.162 e. The molecule has 3 heteroatoms. The third-order valence-electron chi connectivity index (χ3n) is 0.747. The van der Waals surface area contributed by atoms with Gasteiger partial charge < -0.3 is 5.11 Å². The Balaban J connectivity index is 3.14. The molecule has 0 bridgehead atoms. The topological polar surface area (TPSA) is 35.5 Å². The Morgan fingerprint density at radius 3 is 2.00 bits per heavy atom. The van der Waals surface area contributed by atoms with Gasteiger partial charge >= 0.3 is 0 Å². The first-order chi connectivity index (χ1) is 3.18. The zero-order valence-corrected chi connectivity index (χ0v) is 4.97. The fourth-order valence-electron chi connectivity index (χ4n) is 0.258.